The third-order valence-corrected chi connectivity index (χ3v) is 3.07. The number of nitrogens with zero attached hydrogens (tertiary/aromatic N) is 2. The van der Waals surface area contributed by atoms with Gasteiger partial charge < -0.3 is 10.6 Å². The van der Waals surface area contributed by atoms with E-state index in [9.17, 15) is 0 Å². The first-order valence-electron chi connectivity index (χ1n) is 4.91. The van der Waals surface area contributed by atoms with E-state index in [1.807, 2.05) is 18.2 Å². The van der Waals surface area contributed by atoms with Gasteiger partial charge in [0.25, 0.3) is 0 Å². The minimum Gasteiger partial charge on any atom is -0.372 e. The smallest absolute Gasteiger partial charge is 0.151 e. The van der Waals surface area contributed by atoms with E-state index in [-0.39, 0.29) is 0 Å². The number of halogens is 2. The van der Waals surface area contributed by atoms with Crippen molar-refractivity contribution in [2.45, 2.75) is 0 Å². The maximum atomic E-state index is 6.12. The highest BCUT2D eigenvalue weighted by Crippen LogP contribution is 2.26. The molecule has 0 spiro atoms. The lowest BCUT2D eigenvalue weighted by Gasteiger charge is -2.08. The van der Waals surface area contributed by atoms with E-state index in [0.29, 0.717) is 16.7 Å². The lowest BCUT2D eigenvalue weighted by Crippen LogP contribution is -1.99. The van der Waals surface area contributed by atoms with Gasteiger partial charge in [0.05, 0.1) is 23.1 Å². The van der Waals surface area contributed by atoms with Crippen molar-refractivity contribution in [1.82, 2.24) is 9.97 Å². The van der Waals surface area contributed by atoms with E-state index in [0.717, 1.165) is 9.26 Å². The number of hydrogen-bond acceptors (Lipinski definition) is 4. The Labute approximate surface area is 118 Å². The molecule has 17 heavy (non-hydrogen) atoms. The van der Waals surface area contributed by atoms with Crippen molar-refractivity contribution in [2.24, 2.45) is 0 Å². The van der Waals surface area contributed by atoms with Gasteiger partial charge in [0.2, 0.25) is 0 Å². The summed E-state index contributed by atoms with van der Waals surface area (Å²) in [6, 6.07) is 5.78. The number of hydrogen-bond donors (Lipinski definition) is 2. The van der Waals surface area contributed by atoms with E-state index in [1.54, 1.807) is 19.4 Å². The Morgan fingerprint density at radius 3 is 2.71 bits per heavy atom. The van der Waals surface area contributed by atoms with Gasteiger partial charge in [-0.3, -0.25) is 4.98 Å². The molecule has 0 aliphatic rings. The van der Waals surface area contributed by atoms with Gasteiger partial charge in [-0.05, 0) is 40.8 Å². The van der Waals surface area contributed by atoms with Gasteiger partial charge in [0.1, 0.15) is 5.82 Å². The second-order valence-corrected chi connectivity index (χ2v) is 4.94. The fraction of sp³-hybridized carbons (Fsp3) is 0.0909. The standard InChI is InChI=1S/C11H10ClIN4/c1-14-10-5-15-6-11(17-10)16-9-3-2-7(13)4-8(9)12/h2-6H,1H3,(H2,14,16,17). The van der Waals surface area contributed by atoms with Crippen LogP contribution in [-0.2, 0) is 0 Å². The van der Waals surface area contributed by atoms with Crippen LogP contribution in [0.1, 0.15) is 0 Å². The number of anilines is 3. The molecule has 1 aromatic carbocycles. The summed E-state index contributed by atoms with van der Waals surface area (Å²) in [7, 11) is 1.80. The predicted molar refractivity (Wildman–Crippen MR) is 79.0 cm³/mol. The Kier molecular flexibility index (Phi) is 4.01. The van der Waals surface area contributed by atoms with E-state index >= 15 is 0 Å². The Balaban J connectivity index is 2.25. The molecule has 2 rings (SSSR count). The summed E-state index contributed by atoms with van der Waals surface area (Å²) in [6.45, 7) is 0. The first kappa shape index (κ1) is 12.4. The Hall–Kier alpha value is -1.08. The quantitative estimate of drug-likeness (QED) is 0.822. The van der Waals surface area contributed by atoms with Crippen LogP contribution in [-0.4, -0.2) is 17.0 Å². The van der Waals surface area contributed by atoms with Gasteiger partial charge in [-0.25, -0.2) is 4.98 Å². The highest BCUT2D eigenvalue weighted by atomic mass is 127. The zero-order valence-corrected chi connectivity index (χ0v) is 12.0. The van der Waals surface area contributed by atoms with Crippen LogP contribution in [0.2, 0.25) is 5.02 Å². The molecule has 0 unspecified atom stereocenters. The fourth-order valence-corrected chi connectivity index (χ4v) is 2.18. The van der Waals surface area contributed by atoms with E-state index in [2.05, 4.69) is 43.2 Å². The fourth-order valence-electron chi connectivity index (χ4n) is 1.28. The van der Waals surface area contributed by atoms with Crippen LogP contribution in [0.3, 0.4) is 0 Å². The van der Waals surface area contributed by atoms with Crippen molar-refractivity contribution in [3.63, 3.8) is 0 Å². The molecule has 4 nitrogen and oxygen atoms in total. The molecule has 0 saturated heterocycles. The molecule has 0 amide bonds. The largest absolute Gasteiger partial charge is 0.372 e. The topological polar surface area (TPSA) is 49.8 Å². The molecule has 1 aromatic heterocycles. The van der Waals surface area contributed by atoms with Crippen molar-refractivity contribution in [3.05, 3.63) is 39.2 Å². The summed E-state index contributed by atoms with van der Waals surface area (Å²) >= 11 is 8.34. The lowest BCUT2D eigenvalue weighted by atomic mass is 10.3. The zero-order chi connectivity index (χ0) is 12.3. The average Bonchev–Trinajstić information content (AvgIpc) is 2.33. The van der Waals surface area contributed by atoms with Crippen molar-refractivity contribution in [1.29, 1.82) is 0 Å². The molecular weight excluding hydrogens is 351 g/mol. The Morgan fingerprint density at radius 2 is 2.00 bits per heavy atom. The van der Waals surface area contributed by atoms with Crippen molar-refractivity contribution in [3.8, 4) is 0 Å². The van der Waals surface area contributed by atoms with Gasteiger partial charge in [-0.2, -0.15) is 0 Å². The van der Waals surface area contributed by atoms with Gasteiger partial charge >= 0.3 is 0 Å². The summed E-state index contributed by atoms with van der Waals surface area (Å²) < 4.78 is 1.09. The minimum atomic E-state index is 0.653. The molecule has 0 aliphatic carbocycles. The average molecular weight is 361 g/mol. The maximum Gasteiger partial charge on any atom is 0.151 e. The highest BCUT2D eigenvalue weighted by Gasteiger charge is 2.03. The molecule has 0 atom stereocenters. The van der Waals surface area contributed by atoms with Crippen molar-refractivity contribution in [2.75, 3.05) is 17.7 Å². The third kappa shape index (κ3) is 3.19. The Bertz CT molecular complexity index is 533. The lowest BCUT2D eigenvalue weighted by molar-refractivity contribution is 1.18. The normalized spacial score (nSPS) is 10.1. The van der Waals surface area contributed by atoms with Gasteiger partial charge in [-0.15, -0.1) is 0 Å². The van der Waals surface area contributed by atoms with Crippen LogP contribution in [0.25, 0.3) is 0 Å². The third-order valence-electron chi connectivity index (χ3n) is 2.08. The molecule has 0 bridgehead atoms. The van der Waals surface area contributed by atoms with E-state index in [4.69, 9.17) is 11.6 Å². The molecule has 2 N–H and O–H groups in total. The predicted octanol–water partition coefficient (Wildman–Crippen LogP) is 3.52. The summed E-state index contributed by atoms with van der Waals surface area (Å²) in [6.07, 6.45) is 3.30. The first-order chi connectivity index (χ1) is 8.19. The van der Waals surface area contributed by atoms with Gasteiger partial charge in [0, 0.05) is 10.6 Å². The first-order valence-corrected chi connectivity index (χ1v) is 6.36. The summed E-state index contributed by atoms with van der Waals surface area (Å²) in [5.74, 6) is 1.36. The zero-order valence-electron chi connectivity index (χ0n) is 9.04. The SMILES string of the molecule is CNc1cncc(Nc2ccc(I)cc2Cl)n1. The van der Waals surface area contributed by atoms with Crippen LogP contribution >= 0.6 is 34.2 Å². The monoisotopic (exact) mass is 360 g/mol. The molecule has 1 heterocycles. The Morgan fingerprint density at radius 1 is 1.24 bits per heavy atom. The second kappa shape index (κ2) is 5.50. The van der Waals surface area contributed by atoms with Crippen LogP contribution in [0, 0.1) is 3.57 Å². The van der Waals surface area contributed by atoms with Crippen LogP contribution in [0.5, 0.6) is 0 Å². The van der Waals surface area contributed by atoms with Gasteiger partial charge in [-0.1, -0.05) is 11.6 Å². The number of rotatable bonds is 3. The van der Waals surface area contributed by atoms with Crippen LogP contribution < -0.4 is 10.6 Å². The van der Waals surface area contributed by atoms with E-state index in [1.165, 1.54) is 0 Å². The number of aromatic nitrogens is 2. The molecule has 6 heteroatoms. The molecule has 0 aliphatic heterocycles. The number of nitrogens with one attached hydrogen (secondary N) is 2. The summed E-state index contributed by atoms with van der Waals surface area (Å²) in [4.78, 5) is 8.37. The molecule has 0 radical (unpaired) electrons. The van der Waals surface area contributed by atoms with Crippen molar-refractivity contribution < 1.29 is 0 Å². The van der Waals surface area contributed by atoms with Crippen LogP contribution in [0.4, 0.5) is 17.3 Å². The highest BCUT2D eigenvalue weighted by molar-refractivity contribution is 14.1. The molecule has 0 fully saturated rings. The molecular formula is C11H10ClIN4. The van der Waals surface area contributed by atoms with Crippen LogP contribution in [0.15, 0.2) is 30.6 Å². The summed E-state index contributed by atoms with van der Waals surface area (Å²) in [5, 5.41) is 6.72. The second-order valence-electron chi connectivity index (χ2n) is 3.29. The molecule has 88 valence electrons. The van der Waals surface area contributed by atoms with E-state index < -0.39 is 0 Å². The maximum absolute atomic E-state index is 6.12. The van der Waals surface area contributed by atoms with Crippen molar-refractivity contribution >= 4 is 51.5 Å². The van der Waals surface area contributed by atoms with Gasteiger partial charge in [0.15, 0.2) is 5.82 Å². The summed E-state index contributed by atoms with van der Waals surface area (Å²) in [5.41, 5.74) is 0.814. The molecule has 0 saturated carbocycles. The molecule has 2 aromatic rings. The number of benzene rings is 1. The minimum absolute atomic E-state index is 0.653.